The second kappa shape index (κ2) is 6.99. The molecule has 1 aromatic rings. The van der Waals surface area contributed by atoms with Crippen molar-refractivity contribution in [3.63, 3.8) is 0 Å². The predicted molar refractivity (Wildman–Crippen MR) is 75.4 cm³/mol. The Hall–Kier alpha value is -1.75. The first-order chi connectivity index (χ1) is 9.29. The number of hydrogen-bond donors (Lipinski definition) is 2. The first-order valence-electron chi connectivity index (χ1n) is 6.56. The Bertz CT molecular complexity index is 447. The number of nitrogens with two attached hydrogens (primary N) is 1. The van der Waals surface area contributed by atoms with Crippen LogP contribution >= 0.6 is 0 Å². The summed E-state index contributed by atoms with van der Waals surface area (Å²) in [6.45, 7) is 1.80. The maximum atomic E-state index is 12.8. The number of nitrogens with one attached hydrogen (secondary N) is 1. The Morgan fingerprint density at radius 3 is 3.05 bits per heavy atom. The lowest BCUT2D eigenvalue weighted by atomic mass is 10.1. The van der Waals surface area contributed by atoms with Crippen LogP contribution in [-0.2, 0) is 0 Å². The smallest absolute Gasteiger partial charge is 0.141 e. The third-order valence-corrected chi connectivity index (χ3v) is 3.17. The number of halogens is 1. The van der Waals surface area contributed by atoms with Crippen LogP contribution in [0.25, 0.3) is 5.57 Å². The minimum atomic E-state index is -0.358. The van der Waals surface area contributed by atoms with Crippen LogP contribution in [0.2, 0.25) is 0 Å². The molecule has 0 aromatic carbocycles. The van der Waals surface area contributed by atoms with Gasteiger partial charge in [-0.1, -0.05) is 6.42 Å². The summed E-state index contributed by atoms with van der Waals surface area (Å²) in [7, 11) is 0. The van der Waals surface area contributed by atoms with Crippen molar-refractivity contribution in [1.82, 2.24) is 10.3 Å². The van der Waals surface area contributed by atoms with Crippen LogP contribution in [-0.4, -0.2) is 30.3 Å². The van der Waals surface area contributed by atoms with E-state index in [4.69, 9.17) is 5.73 Å². The van der Waals surface area contributed by atoms with E-state index in [1.165, 1.54) is 31.3 Å². The summed E-state index contributed by atoms with van der Waals surface area (Å²) in [6.07, 6.45) is 7.98. The molecule has 1 aromatic heterocycles. The molecule has 1 atom stereocenters. The van der Waals surface area contributed by atoms with E-state index < -0.39 is 0 Å². The summed E-state index contributed by atoms with van der Waals surface area (Å²) in [5, 5.41) is 3.43. The fourth-order valence-corrected chi connectivity index (χ4v) is 2.10. The second-order valence-electron chi connectivity index (χ2n) is 4.62. The molecule has 5 heteroatoms. The zero-order chi connectivity index (χ0) is 13.5. The van der Waals surface area contributed by atoms with E-state index in [9.17, 15) is 4.39 Å². The average Bonchev–Trinajstić information content (AvgIpc) is 2.46. The van der Waals surface area contributed by atoms with Crippen molar-refractivity contribution in [2.24, 2.45) is 10.7 Å². The molecule has 0 radical (unpaired) electrons. The van der Waals surface area contributed by atoms with Gasteiger partial charge in [-0.25, -0.2) is 4.39 Å². The highest BCUT2D eigenvalue weighted by atomic mass is 19.1. The highest BCUT2D eigenvalue weighted by molar-refractivity contribution is 6.08. The molecule has 3 N–H and O–H groups in total. The lowest BCUT2D eigenvalue weighted by Gasteiger charge is -2.21. The van der Waals surface area contributed by atoms with E-state index in [0.29, 0.717) is 17.3 Å². The van der Waals surface area contributed by atoms with Crippen molar-refractivity contribution >= 4 is 11.8 Å². The first-order valence-corrected chi connectivity index (χ1v) is 6.56. The van der Waals surface area contributed by atoms with Crippen LogP contribution < -0.4 is 11.1 Å². The molecule has 19 heavy (non-hydrogen) atoms. The van der Waals surface area contributed by atoms with Gasteiger partial charge in [0.2, 0.25) is 0 Å². The predicted octanol–water partition coefficient (Wildman–Crippen LogP) is 1.73. The number of hydrogen-bond acceptors (Lipinski definition) is 4. The first kappa shape index (κ1) is 13.7. The van der Waals surface area contributed by atoms with Gasteiger partial charge in [-0.15, -0.1) is 0 Å². The van der Waals surface area contributed by atoms with Crippen LogP contribution in [0.3, 0.4) is 0 Å². The number of pyridine rings is 1. The van der Waals surface area contributed by atoms with Gasteiger partial charge in [-0.2, -0.15) is 0 Å². The lowest BCUT2D eigenvalue weighted by Crippen LogP contribution is -2.36. The monoisotopic (exact) mass is 262 g/mol. The fraction of sp³-hybridized carbons (Fsp3) is 0.429. The van der Waals surface area contributed by atoms with Crippen LogP contribution in [0, 0.1) is 5.82 Å². The molecular formula is C14H19FN4. The summed E-state index contributed by atoms with van der Waals surface area (Å²) >= 11 is 0. The van der Waals surface area contributed by atoms with Gasteiger partial charge in [0.1, 0.15) is 5.82 Å². The molecule has 0 saturated carbocycles. The number of allylic oxidation sites excluding steroid dienone is 1. The lowest BCUT2D eigenvalue weighted by molar-refractivity contribution is 0.408. The minimum absolute atomic E-state index is 0.358. The van der Waals surface area contributed by atoms with Crippen molar-refractivity contribution in [2.45, 2.75) is 25.3 Å². The maximum absolute atomic E-state index is 12.8. The quantitative estimate of drug-likeness (QED) is 0.812. The maximum Gasteiger partial charge on any atom is 0.141 e. The summed E-state index contributed by atoms with van der Waals surface area (Å²) in [5.74, 6) is -0.358. The summed E-state index contributed by atoms with van der Waals surface area (Å²) < 4.78 is 12.8. The van der Waals surface area contributed by atoms with Crippen molar-refractivity contribution in [3.05, 3.63) is 36.0 Å². The van der Waals surface area contributed by atoms with Crippen molar-refractivity contribution in [1.29, 1.82) is 0 Å². The average molecular weight is 262 g/mol. The van der Waals surface area contributed by atoms with Gasteiger partial charge in [-0.3, -0.25) is 9.98 Å². The Balaban J connectivity index is 1.93. The molecule has 0 spiro atoms. The molecule has 0 bridgehead atoms. The molecular weight excluding hydrogens is 243 g/mol. The zero-order valence-electron chi connectivity index (χ0n) is 10.8. The molecule has 1 aliphatic rings. The van der Waals surface area contributed by atoms with E-state index in [0.717, 1.165) is 19.5 Å². The van der Waals surface area contributed by atoms with Crippen molar-refractivity contribution in [3.8, 4) is 0 Å². The normalized spacial score (nSPS) is 20.9. The summed E-state index contributed by atoms with van der Waals surface area (Å²) in [4.78, 5) is 8.38. The van der Waals surface area contributed by atoms with Gasteiger partial charge < -0.3 is 11.1 Å². The Kier molecular flexibility index (Phi) is 5.03. The van der Waals surface area contributed by atoms with Gasteiger partial charge in [0.05, 0.1) is 18.4 Å². The number of rotatable bonds is 4. The minimum Gasteiger partial charge on any atom is -0.404 e. The molecule has 2 heterocycles. The largest absolute Gasteiger partial charge is 0.404 e. The number of aromatic nitrogens is 1. The van der Waals surface area contributed by atoms with E-state index >= 15 is 0 Å². The van der Waals surface area contributed by atoms with Gasteiger partial charge in [0, 0.05) is 24.0 Å². The summed E-state index contributed by atoms with van der Waals surface area (Å²) in [6, 6.07) is 3.41. The van der Waals surface area contributed by atoms with E-state index in [2.05, 4.69) is 15.3 Å². The zero-order valence-corrected chi connectivity index (χ0v) is 10.8. The van der Waals surface area contributed by atoms with Gasteiger partial charge >= 0.3 is 0 Å². The van der Waals surface area contributed by atoms with Crippen LogP contribution in [0.1, 0.15) is 25.0 Å². The second-order valence-corrected chi connectivity index (χ2v) is 4.62. The third-order valence-electron chi connectivity index (χ3n) is 3.17. The summed E-state index contributed by atoms with van der Waals surface area (Å²) in [5.41, 5.74) is 6.89. The number of aliphatic imine (C=N–C) groups is 1. The SMILES string of the molecule is N/C=C(\C=NCC1CCCCN1)c1ccc(F)cn1. The molecule has 1 aliphatic heterocycles. The number of nitrogens with zero attached hydrogens (tertiary/aromatic N) is 2. The topological polar surface area (TPSA) is 63.3 Å². The molecule has 1 saturated heterocycles. The van der Waals surface area contributed by atoms with Gasteiger partial charge in [0.25, 0.3) is 0 Å². The Morgan fingerprint density at radius 1 is 1.53 bits per heavy atom. The molecule has 2 rings (SSSR count). The van der Waals surface area contributed by atoms with Crippen LogP contribution in [0.15, 0.2) is 29.5 Å². The molecule has 102 valence electrons. The van der Waals surface area contributed by atoms with Gasteiger partial charge in [0.15, 0.2) is 0 Å². The van der Waals surface area contributed by atoms with Crippen LogP contribution in [0.4, 0.5) is 4.39 Å². The highest BCUT2D eigenvalue weighted by Gasteiger charge is 2.10. The third kappa shape index (κ3) is 4.13. The van der Waals surface area contributed by atoms with E-state index in [-0.39, 0.29) is 5.82 Å². The fourth-order valence-electron chi connectivity index (χ4n) is 2.10. The van der Waals surface area contributed by atoms with E-state index in [1.54, 1.807) is 12.3 Å². The van der Waals surface area contributed by atoms with Crippen molar-refractivity contribution < 1.29 is 4.39 Å². The standard InChI is InChI=1S/C14H19FN4/c15-12-4-5-14(19-9-12)11(7-16)8-17-10-13-3-1-2-6-18-13/h4-5,7-9,13,18H,1-3,6,10,16H2/b11-7+,17-8?. The molecule has 4 nitrogen and oxygen atoms in total. The Morgan fingerprint density at radius 2 is 2.42 bits per heavy atom. The highest BCUT2D eigenvalue weighted by Crippen LogP contribution is 2.10. The molecule has 0 amide bonds. The number of piperidine rings is 1. The molecule has 1 fully saturated rings. The van der Waals surface area contributed by atoms with Crippen molar-refractivity contribution in [2.75, 3.05) is 13.1 Å². The van der Waals surface area contributed by atoms with Crippen LogP contribution in [0.5, 0.6) is 0 Å². The molecule has 1 unspecified atom stereocenters. The van der Waals surface area contributed by atoms with E-state index in [1.807, 2.05) is 0 Å². The molecule has 0 aliphatic carbocycles. The van der Waals surface area contributed by atoms with Gasteiger partial charge in [-0.05, 0) is 31.5 Å². The Labute approximate surface area is 112 Å².